The molecule has 1 aliphatic carbocycles. The van der Waals surface area contributed by atoms with Crippen LogP contribution in [0.4, 0.5) is 0 Å². The van der Waals surface area contributed by atoms with Gasteiger partial charge in [-0.25, -0.2) is 0 Å². The average Bonchev–Trinajstić information content (AvgIpc) is 2.40. The number of β-amino-alcohol motifs (C(OH)–C–C–N with tert-alkyl or cyclic N) is 1. The predicted octanol–water partition coefficient (Wildman–Crippen LogP) is 2.94. The maximum absolute atomic E-state index is 11.1. The Morgan fingerprint density at radius 2 is 2.00 bits per heavy atom. The van der Waals surface area contributed by atoms with Gasteiger partial charge in [0.1, 0.15) is 0 Å². The van der Waals surface area contributed by atoms with Gasteiger partial charge in [0, 0.05) is 6.54 Å². The highest BCUT2D eigenvalue weighted by molar-refractivity contribution is 5.14. The van der Waals surface area contributed by atoms with Crippen LogP contribution in [0.3, 0.4) is 0 Å². The maximum atomic E-state index is 11.1. The summed E-state index contributed by atoms with van der Waals surface area (Å²) >= 11 is 0. The fourth-order valence-corrected chi connectivity index (χ4v) is 4.19. The van der Waals surface area contributed by atoms with Crippen molar-refractivity contribution in [1.82, 2.24) is 4.90 Å². The summed E-state index contributed by atoms with van der Waals surface area (Å²) < 4.78 is 0. The number of aliphatic hydroxyl groups is 1. The molecule has 3 nitrogen and oxygen atoms in total. The van der Waals surface area contributed by atoms with Gasteiger partial charge in [0.05, 0.1) is 17.1 Å². The van der Waals surface area contributed by atoms with E-state index >= 15 is 0 Å². The molecule has 1 unspecified atom stereocenters. The molecular weight excluding hydrogens is 236 g/mol. The number of rotatable bonds is 3. The molecule has 2 fully saturated rings. The first-order valence-electron chi connectivity index (χ1n) is 7.87. The Bertz CT molecular complexity index is 341. The highest BCUT2D eigenvalue weighted by Crippen LogP contribution is 2.49. The molecular formula is C16H28N2O. The van der Waals surface area contributed by atoms with E-state index in [-0.39, 0.29) is 0 Å². The zero-order chi connectivity index (χ0) is 13.9. The number of likely N-dealkylation sites (N-methyl/N-ethyl adjacent to an activating group) is 1. The molecule has 0 aromatic rings. The molecule has 0 aromatic heterocycles. The monoisotopic (exact) mass is 264 g/mol. The number of hydrogen-bond acceptors (Lipinski definition) is 3. The third-order valence-corrected chi connectivity index (χ3v) is 5.42. The molecule has 1 saturated heterocycles. The zero-order valence-electron chi connectivity index (χ0n) is 12.5. The molecule has 2 rings (SSSR count). The van der Waals surface area contributed by atoms with Crippen LogP contribution >= 0.6 is 0 Å². The fraction of sp³-hybridized carbons (Fsp3) is 0.938. The van der Waals surface area contributed by atoms with Crippen molar-refractivity contribution in [2.24, 2.45) is 11.3 Å². The van der Waals surface area contributed by atoms with Crippen LogP contribution in [0.15, 0.2) is 0 Å². The van der Waals surface area contributed by atoms with E-state index in [1.54, 1.807) is 0 Å². The summed E-state index contributed by atoms with van der Waals surface area (Å²) in [5.41, 5.74) is -1.28. The Kier molecular flexibility index (Phi) is 4.53. The van der Waals surface area contributed by atoms with Crippen LogP contribution in [-0.4, -0.2) is 35.7 Å². The van der Waals surface area contributed by atoms with E-state index < -0.39 is 11.0 Å². The molecule has 3 heteroatoms. The lowest BCUT2D eigenvalue weighted by Crippen LogP contribution is -2.58. The molecule has 1 N–H and O–H groups in total. The largest absolute Gasteiger partial charge is 0.387 e. The molecule has 0 spiro atoms. The van der Waals surface area contributed by atoms with Gasteiger partial charge in [0.2, 0.25) is 0 Å². The molecule has 0 radical (unpaired) electrons. The number of hydrogen-bond donors (Lipinski definition) is 1. The minimum absolute atomic E-state index is 0.494. The van der Waals surface area contributed by atoms with Gasteiger partial charge in [-0.05, 0) is 58.0 Å². The van der Waals surface area contributed by atoms with Gasteiger partial charge in [-0.2, -0.15) is 5.26 Å². The summed E-state index contributed by atoms with van der Waals surface area (Å²) in [6, 6.07) is 2.53. The summed E-state index contributed by atoms with van der Waals surface area (Å²) in [4.78, 5) is 2.18. The number of nitrogens with zero attached hydrogens (tertiary/aromatic N) is 2. The van der Waals surface area contributed by atoms with Gasteiger partial charge in [0.25, 0.3) is 0 Å². The zero-order valence-corrected chi connectivity index (χ0v) is 12.5. The van der Waals surface area contributed by atoms with Crippen LogP contribution in [0, 0.1) is 22.7 Å². The Morgan fingerprint density at radius 1 is 1.32 bits per heavy atom. The summed E-state index contributed by atoms with van der Waals surface area (Å²) in [6.07, 6.45) is 8.33. The van der Waals surface area contributed by atoms with Crippen molar-refractivity contribution in [3.05, 3.63) is 0 Å². The van der Waals surface area contributed by atoms with Gasteiger partial charge in [-0.1, -0.05) is 19.8 Å². The van der Waals surface area contributed by atoms with Gasteiger partial charge in [-0.3, -0.25) is 0 Å². The molecule has 108 valence electrons. The van der Waals surface area contributed by atoms with E-state index in [1.165, 1.54) is 12.8 Å². The summed E-state index contributed by atoms with van der Waals surface area (Å²) in [6.45, 7) is 3.94. The van der Waals surface area contributed by atoms with Crippen LogP contribution in [-0.2, 0) is 0 Å². The van der Waals surface area contributed by atoms with E-state index in [1.807, 2.05) is 0 Å². The van der Waals surface area contributed by atoms with Crippen LogP contribution < -0.4 is 0 Å². The molecule has 0 amide bonds. The first-order valence-corrected chi connectivity index (χ1v) is 7.87. The summed E-state index contributed by atoms with van der Waals surface area (Å²) in [5, 5.41) is 20.8. The molecule has 19 heavy (non-hydrogen) atoms. The van der Waals surface area contributed by atoms with E-state index in [9.17, 15) is 10.4 Å². The van der Waals surface area contributed by atoms with Gasteiger partial charge < -0.3 is 10.0 Å². The Labute approximate surface area is 117 Å². The maximum Gasteiger partial charge on any atom is 0.0959 e. The van der Waals surface area contributed by atoms with Crippen LogP contribution in [0.5, 0.6) is 0 Å². The Balaban J connectivity index is 2.09. The average molecular weight is 264 g/mol. The molecule has 2 aliphatic rings. The van der Waals surface area contributed by atoms with Crippen LogP contribution in [0.25, 0.3) is 0 Å². The molecule has 1 heterocycles. The predicted molar refractivity (Wildman–Crippen MR) is 76.6 cm³/mol. The second kappa shape index (κ2) is 5.81. The molecule has 1 saturated carbocycles. The molecule has 0 aromatic carbocycles. The highest BCUT2D eigenvalue weighted by atomic mass is 16.3. The van der Waals surface area contributed by atoms with Gasteiger partial charge in [-0.15, -0.1) is 0 Å². The Morgan fingerprint density at radius 3 is 2.53 bits per heavy atom. The van der Waals surface area contributed by atoms with E-state index in [0.717, 1.165) is 51.0 Å². The first-order chi connectivity index (χ1) is 9.05. The number of likely N-dealkylation sites (tertiary alicyclic amines) is 1. The van der Waals surface area contributed by atoms with Crippen molar-refractivity contribution in [2.75, 3.05) is 20.1 Å². The summed E-state index contributed by atoms with van der Waals surface area (Å²) in [7, 11) is 2.05. The number of nitriles is 1. The topological polar surface area (TPSA) is 47.3 Å². The summed E-state index contributed by atoms with van der Waals surface area (Å²) in [5.74, 6) is 0.774. The standard InChI is InChI=1S/C16H28N2O/c1-3-5-14-6-9-15(12-17,10-7-14)16(19)8-4-11-18(2)13-16/h14,19H,3-11,13H2,1-2H3. The van der Waals surface area contributed by atoms with Gasteiger partial charge >= 0.3 is 0 Å². The van der Waals surface area contributed by atoms with E-state index in [2.05, 4.69) is 24.9 Å². The van der Waals surface area contributed by atoms with E-state index in [0.29, 0.717) is 6.54 Å². The quantitative estimate of drug-likeness (QED) is 0.852. The fourth-order valence-electron chi connectivity index (χ4n) is 4.19. The minimum atomic E-state index is -0.786. The molecule has 1 aliphatic heterocycles. The van der Waals surface area contributed by atoms with Gasteiger partial charge in [0.15, 0.2) is 0 Å². The lowest BCUT2D eigenvalue weighted by Gasteiger charge is -2.50. The Hall–Kier alpha value is -0.590. The second-order valence-corrected chi connectivity index (χ2v) is 6.80. The van der Waals surface area contributed by atoms with Crippen molar-refractivity contribution < 1.29 is 5.11 Å². The third-order valence-electron chi connectivity index (χ3n) is 5.42. The second-order valence-electron chi connectivity index (χ2n) is 6.80. The minimum Gasteiger partial charge on any atom is -0.387 e. The molecule has 1 atom stereocenters. The lowest BCUT2D eigenvalue weighted by atomic mass is 9.59. The third kappa shape index (κ3) is 2.80. The lowest BCUT2D eigenvalue weighted by molar-refractivity contribution is -0.116. The van der Waals surface area contributed by atoms with Crippen molar-refractivity contribution in [3.63, 3.8) is 0 Å². The van der Waals surface area contributed by atoms with Crippen molar-refractivity contribution >= 4 is 0 Å². The van der Waals surface area contributed by atoms with Crippen LogP contribution in [0.2, 0.25) is 0 Å². The van der Waals surface area contributed by atoms with E-state index in [4.69, 9.17) is 0 Å². The van der Waals surface area contributed by atoms with Crippen LogP contribution in [0.1, 0.15) is 58.3 Å². The van der Waals surface area contributed by atoms with Crippen molar-refractivity contribution in [1.29, 1.82) is 5.26 Å². The normalized spacial score (nSPS) is 40.8. The highest BCUT2D eigenvalue weighted by Gasteiger charge is 2.53. The number of piperidine rings is 1. The first kappa shape index (κ1) is 14.8. The van der Waals surface area contributed by atoms with Crippen molar-refractivity contribution in [2.45, 2.75) is 63.9 Å². The molecule has 0 bridgehead atoms. The SMILES string of the molecule is CCCC1CCC(C#N)(C2(O)CCCN(C)C2)CC1. The van der Waals surface area contributed by atoms with Crippen molar-refractivity contribution in [3.8, 4) is 6.07 Å². The smallest absolute Gasteiger partial charge is 0.0959 e.